The second-order valence-corrected chi connectivity index (χ2v) is 35.7. The van der Waals surface area contributed by atoms with Crippen molar-refractivity contribution >= 4 is 232 Å². The molecule has 2 unspecified atom stereocenters. The Balaban J connectivity index is 0.000000221. The number of hydrazone groups is 1. The average Bonchev–Trinajstić information content (AvgIpc) is 1.61. The highest BCUT2D eigenvalue weighted by atomic mass is 79.9. The van der Waals surface area contributed by atoms with Crippen LogP contribution in [0.4, 0.5) is 28.7 Å². The number of nitrogens with one attached hydrogen (secondary N) is 6. The van der Waals surface area contributed by atoms with E-state index in [2.05, 4.69) is 192 Å². The molecule has 0 saturated carbocycles. The highest BCUT2D eigenvalue weighted by Gasteiger charge is 2.37. The number of fused-ring (bicyclic) bond motifs is 7. The normalized spacial score (nSPS) is 13.1. The van der Waals surface area contributed by atoms with Gasteiger partial charge < -0.3 is 62.5 Å². The molecular formula is C77H83Br3Cl6N27O11P. The number of rotatable bonds is 11. The molecule has 12 N–H and O–H groups in total. The van der Waals surface area contributed by atoms with Crippen LogP contribution in [0.2, 0.25) is 15.7 Å². The molecule has 2 atom stereocenters. The third kappa shape index (κ3) is 30.5. The number of benzene rings is 4. The number of carbonyl (C=O) groups excluding carboxylic acids is 5. The van der Waals surface area contributed by atoms with Gasteiger partial charge in [-0.15, -0.1) is 0 Å². The molecule has 660 valence electrons. The Morgan fingerprint density at radius 3 is 1.67 bits per heavy atom. The number of amides is 3. The molecule has 0 saturated heterocycles. The molecule has 125 heavy (non-hydrogen) atoms. The van der Waals surface area contributed by atoms with E-state index >= 15 is 0 Å². The number of carbonyl (C=O) groups is 5. The van der Waals surface area contributed by atoms with Crippen LogP contribution in [-0.4, -0.2) is 161 Å². The highest BCUT2D eigenvalue weighted by Crippen LogP contribution is 2.61. The first-order chi connectivity index (χ1) is 58.6. The molecule has 12 heterocycles. The Bertz CT molecular complexity index is 6100. The summed E-state index contributed by atoms with van der Waals surface area (Å²) in [5, 5.41) is 39.1. The Morgan fingerprint density at radius 1 is 0.688 bits per heavy atom. The third-order valence-electron chi connectivity index (χ3n) is 15.9. The number of halogens is 9. The molecule has 0 fully saturated rings. The van der Waals surface area contributed by atoms with Crippen LogP contribution < -0.4 is 65.0 Å². The van der Waals surface area contributed by atoms with Gasteiger partial charge in [-0.25, -0.2) is 34.5 Å². The van der Waals surface area contributed by atoms with E-state index in [1.165, 1.54) is 10.9 Å². The van der Waals surface area contributed by atoms with Crippen LogP contribution in [0.15, 0.2) is 151 Å². The number of aromatic nitrogens is 16. The van der Waals surface area contributed by atoms with Gasteiger partial charge in [0.05, 0.1) is 72.9 Å². The molecule has 4 aliphatic heterocycles. The first kappa shape index (κ1) is 102. The first-order valence-corrected chi connectivity index (χ1v) is 43.8. The molecule has 3 amide bonds. The van der Waals surface area contributed by atoms with Crippen molar-refractivity contribution in [3.63, 3.8) is 0 Å². The molecule has 8 aromatic heterocycles. The molecule has 0 bridgehead atoms. The van der Waals surface area contributed by atoms with Crippen LogP contribution in [0.5, 0.6) is 5.75 Å². The largest absolute Gasteiger partial charge is 0.500 e. The molecular weight excluding hydrogens is 1960 g/mol. The zero-order valence-electron chi connectivity index (χ0n) is 67.6. The van der Waals surface area contributed by atoms with Crippen molar-refractivity contribution in [2.45, 2.75) is 53.4 Å². The van der Waals surface area contributed by atoms with Crippen LogP contribution in [0.25, 0.3) is 45.9 Å². The number of esters is 2. The van der Waals surface area contributed by atoms with Gasteiger partial charge in [-0.1, -0.05) is 80.0 Å². The average molecular weight is 2050 g/mol. The highest BCUT2D eigenvalue weighted by molar-refractivity contribution is 9.11. The number of anilines is 5. The smallest absolute Gasteiger partial charge is 0.352 e. The van der Waals surface area contributed by atoms with Crippen molar-refractivity contribution in [1.82, 2.24) is 89.4 Å². The lowest BCUT2D eigenvalue weighted by molar-refractivity contribution is -0.138. The Hall–Kier alpha value is -11.8. The summed E-state index contributed by atoms with van der Waals surface area (Å²) in [7, 11) is 12.3. The van der Waals surface area contributed by atoms with Gasteiger partial charge in [0.25, 0.3) is 5.56 Å². The number of hydrogen-bond acceptors (Lipinski definition) is 30. The summed E-state index contributed by atoms with van der Waals surface area (Å²) in [4.78, 5) is 101. The predicted molar refractivity (Wildman–Crippen MR) is 494 cm³/mol. The fourth-order valence-corrected chi connectivity index (χ4v) is 12.9. The van der Waals surface area contributed by atoms with E-state index in [4.69, 9.17) is 71.5 Å². The van der Waals surface area contributed by atoms with Crippen molar-refractivity contribution in [1.29, 1.82) is 5.26 Å². The summed E-state index contributed by atoms with van der Waals surface area (Å²) in [5.74, 6) is 0.232. The van der Waals surface area contributed by atoms with Crippen molar-refractivity contribution in [2.75, 3.05) is 68.1 Å². The topological polar surface area (TPSA) is 511 Å². The lowest BCUT2D eigenvalue weighted by Crippen LogP contribution is -2.35. The van der Waals surface area contributed by atoms with Crippen molar-refractivity contribution in [2.24, 2.45) is 44.8 Å². The summed E-state index contributed by atoms with van der Waals surface area (Å²) in [6.45, 7) is 14.7. The molecule has 0 aliphatic carbocycles. The SMILES string of the molecule is C.C=C(N)N.C=c1nc2c(c(=O)[nH]1)=CN(C)N2.CCO/C=C(\C#N)C(=O)OCC.CCOC(=O)c1cn(C)nc1N.CN/N=C\c1ccc(OC)cc1.Cc1nc(C2C(=O)Nc3ccc(Br)cc32)c2cn(C)nc2n1.Cn1cc2c(C3C(=O)Nc4ccc(Br)cc43)nc(Cl)nc2n1.Cn1cc2c(Cl)nc(Cl)nc2n1.O=C1Cc2cc(Br)ccc2N1.O=P(Cl)(Cl)Cl. The quantitative estimate of drug-likeness (QED) is 0.00668. The molecule has 38 nitrogen and oxygen atoms in total. The van der Waals surface area contributed by atoms with Gasteiger partial charge in [0, 0.05) is 104 Å². The minimum absolute atomic E-state index is 0. The van der Waals surface area contributed by atoms with E-state index in [9.17, 15) is 33.3 Å². The minimum atomic E-state index is -3.22. The maximum atomic E-state index is 12.5. The first-order valence-electron chi connectivity index (χ1n) is 35.9. The Kier molecular flexibility index (Phi) is 39.0. The van der Waals surface area contributed by atoms with Crippen LogP contribution in [0.1, 0.15) is 89.9 Å². The van der Waals surface area contributed by atoms with E-state index < -0.39 is 29.0 Å². The number of aromatic amines is 1. The number of hydrogen-bond donors (Lipinski definition) is 9. The molecule has 16 rings (SSSR count). The van der Waals surface area contributed by atoms with Crippen molar-refractivity contribution in [3.05, 3.63) is 223 Å². The maximum absolute atomic E-state index is 12.5. The number of methoxy groups -OCH3 is 1. The Labute approximate surface area is 769 Å². The lowest BCUT2D eigenvalue weighted by atomic mass is 9.95. The van der Waals surface area contributed by atoms with Gasteiger partial charge in [0.1, 0.15) is 57.2 Å². The summed E-state index contributed by atoms with van der Waals surface area (Å²) in [6, 6.07) is 26.6. The molecule has 4 aliphatic rings. The second-order valence-electron chi connectivity index (χ2n) is 25.3. The molecule has 0 spiro atoms. The van der Waals surface area contributed by atoms with E-state index in [0.717, 1.165) is 75.5 Å². The van der Waals surface area contributed by atoms with Crippen molar-refractivity contribution in [3.8, 4) is 11.8 Å². The number of nitrogens with zero attached hydrogens (tertiary/aromatic N) is 18. The zero-order chi connectivity index (χ0) is 91.6. The van der Waals surface area contributed by atoms with Crippen LogP contribution in [-0.2, 0) is 72.6 Å². The van der Waals surface area contributed by atoms with Crippen LogP contribution in [0, 0.1) is 18.3 Å². The third-order valence-corrected chi connectivity index (χ3v) is 18.0. The standard InChI is InChI=1S/C15H12BrN5O.C14H9BrClN5O.C9H12N2O.C8H6BrNO.C8H11NO3.C7H8N4O.C7H11N3O2.C6H4Cl2N4.C2H6N2.CH4.Cl3OP/c1-7-17-13(10-6-21(2)20-14(10)18-7)12-9-5-8(16)3-4-11(9)19-15(12)22;1-21-5-8-11(18-14(16)19-12(8)20-21)10-7-4-6(15)2-3-9(7)17-13(10)22;1-10-11-7-8-3-5-9(12-2)6-4-8;9-6-1-2-7-5(3-6)4-8(11)10-7;1-3-11-6-7(5-9)8(10)12-4-2;1-4-8-6-5(7(12)9-4)3-11(2)10-6;1-3-12-7(11)5-4-10(2)9-6(5)8;1-12-2-3-4(7)9-6(8)10-5(3)11-12;1-2(3)4;;1-5(2,3)4/h3-6,12H,1-2H3,(H,19,22);2-5,10H,1H3,(H,17,22);3-7,10H,1-2H3;1-3H,4H2,(H,10,11);6H,3-4H2,1-2H3;3H,1H2,2H3,(H,8,10)(H,9,12);4H,3H2,1-2H3,(H2,8,9);2H,1H3;1,3-4H2;1H4;/b;;11-7-;;7-6+;;;;;;. The summed E-state index contributed by atoms with van der Waals surface area (Å²) >= 11 is 41.5. The number of nitriles is 1. The molecule has 0 radical (unpaired) electrons. The van der Waals surface area contributed by atoms with Gasteiger partial charge in [-0.3, -0.25) is 52.9 Å². The monoisotopic (exact) mass is 2040 g/mol. The van der Waals surface area contributed by atoms with Gasteiger partial charge in [0.2, 0.25) is 28.3 Å². The fraction of sp³-hybridized carbons (Fsp3) is 0.234. The summed E-state index contributed by atoms with van der Waals surface area (Å²) in [5.41, 5.74) is 30.1. The van der Waals surface area contributed by atoms with Gasteiger partial charge in [-0.2, -0.15) is 40.7 Å². The molecule has 4 aromatic carbocycles. The van der Waals surface area contributed by atoms with Crippen LogP contribution in [0.3, 0.4) is 0 Å². The van der Waals surface area contributed by atoms with Crippen LogP contribution >= 0.6 is 122 Å². The number of H-pyrrole nitrogens is 1. The van der Waals surface area contributed by atoms with Gasteiger partial charge >= 0.3 is 17.1 Å². The predicted octanol–water partition coefficient (Wildman–Crippen LogP) is 12.4. The van der Waals surface area contributed by atoms with Gasteiger partial charge in [0.15, 0.2) is 34.2 Å². The molecule has 12 aromatic rings. The van der Waals surface area contributed by atoms with Gasteiger partial charge in [-0.05, 0) is 186 Å². The van der Waals surface area contributed by atoms with E-state index in [1.54, 1.807) is 113 Å². The Morgan fingerprint density at radius 2 is 1.18 bits per heavy atom. The number of aryl methyl sites for hydroxylation is 5. The fourth-order valence-electron chi connectivity index (χ4n) is 11.1. The zero-order valence-corrected chi connectivity index (χ0v) is 77.8. The summed E-state index contributed by atoms with van der Waals surface area (Å²) < 4.78 is 37.9. The number of nitrogens with two attached hydrogens (primary N) is 3. The minimum Gasteiger partial charge on any atom is -0.500 e. The van der Waals surface area contributed by atoms with Crippen molar-refractivity contribution < 1.29 is 47.5 Å². The second kappa shape index (κ2) is 47.9. The summed E-state index contributed by atoms with van der Waals surface area (Å²) in [6.07, 6.45) is 12.0. The number of ether oxygens (including phenoxy) is 4. The lowest BCUT2D eigenvalue weighted by Gasteiger charge is -2.10. The van der Waals surface area contributed by atoms with E-state index in [1.807, 2.05) is 99.0 Å². The van der Waals surface area contributed by atoms with E-state index in [-0.39, 0.29) is 65.1 Å². The number of hydrazine groups is 1. The van der Waals surface area contributed by atoms with E-state index in [0.29, 0.717) is 86.4 Å². The number of nitrogen functional groups attached to an aromatic ring is 1. The molecule has 48 heteroatoms. The maximum Gasteiger partial charge on any atom is 0.352 e.